The van der Waals surface area contributed by atoms with Crippen LogP contribution >= 0.6 is 11.8 Å². The number of unbranched alkanes of at least 4 members (excludes halogenated alkanes) is 1. The van der Waals surface area contributed by atoms with Gasteiger partial charge in [0, 0.05) is 56.0 Å². The predicted octanol–water partition coefficient (Wildman–Crippen LogP) is 7.25. The Morgan fingerprint density at radius 1 is 0.854 bits per heavy atom. The normalized spacial score (nSPS) is 13.4. The molecule has 0 atom stereocenters. The number of hydrogen-bond acceptors (Lipinski definition) is 5. The number of rotatable bonds is 12. The number of ether oxygens (including phenoxy) is 1. The molecule has 0 N–H and O–H groups in total. The molecule has 0 unspecified atom stereocenters. The summed E-state index contributed by atoms with van der Waals surface area (Å²) in [7, 11) is 1.71. The molecule has 0 radical (unpaired) electrons. The van der Waals surface area contributed by atoms with Gasteiger partial charge >= 0.3 is 0 Å². The number of amides is 1. The second-order valence-corrected chi connectivity index (χ2v) is 11.4. The number of carbonyl (C=O) groups excluding carboxylic acids is 1. The first-order valence-electron chi connectivity index (χ1n) is 14.7. The molecular formula is C34H40N4O2S. The highest BCUT2D eigenvalue weighted by molar-refractivity contribution is 7.99. The van der Waals surface area contributed by atoms with Gasteiger partial charge in [-0.15, -0.1) is 0 Å². The summed E-state index contributed by atoms with van der Waals surface area (Å²) in [6.07, 6.45) is 3.52. The lowest BCUT2D eigenvalue weighted by Crippen LogP contribution is -2.48. The molecule has 41 heavy (non-hydrogen) atoms. The van der Waals surface area contributed by atoms with Crippen molar-refractivity contribution in [3.63, 3.8) is 0 Å². The van der Waals surface area contributed by atoms with Crippen LogP contribution in [0, 0.1) is 0 Å². The zero-order valence-corrected chi connectivity index (χ0v) is 25.0. The first kappa shape index (κ1) is 28.8. The van der Waals surface area contributed by atoms with Gasteiger partial charge in [-0.3, -0.25) is 4.79 Å². The lowest BCUT2D eigenvalue weighted by Gasteiger charge is -2.36. The van der Waals surface area contributed by atoms with Crippen molar-refractivity contribution in [2.24, 2.45) is 0 Å². The Kier molecular flexibility index (Phi) is 10.0. The van der Waals surface area contributed by atoms with E-state index in [4.69, 9.17) is 9.72 Å². The molecule has 7 heteroatoms. The van der Waals surface area contributed by atoms with Gasteiger partial charge in [-0.25, -0.2) is 4.98 Å². The Hall–Kier alpha value is -3.71. The highest BCUT2D eigenvalue weighted by Gasteiger charge is 2.23. The largest absolute Gasteiger partial charge is 0.495 e. The maximum atomic E-state index is 13.0. The molecule has 1 aromatic heterocycles. The summed E-state index contributed by atoms with van der Waals surface area (Å²) in [6, 6.07) is 29.2. The van der Waals surface area contributed by atoms with Crippen molar-refractivity contribution in [3.8, 4) is 28.3 Å². The maximum Gasteiger partial charge on any atom is 0.222 e. The number of benzene rings is 3. The van der Waals surface area contributed by atoms with E-state index in [0.29, 0.717) is 6.42 Å². The van der Waals surface area contributed by atoms with Gasteiger partial charge in [0.05, 0.1) is 24.2 Å². The van der Waals surface area contributed by atoms with Crippen LogP contribution in [0.15, 0.2) is 90.1 Å². The number of piperazine rings is 1. The summed E-state index contributed by atoms with van der Waals surface area (Å²) in [5.74, 6) is 2.09. The summed E-state index contributed by atoms with van der Waals surface area (Å²) in [5.41, 5.74) is 5.65. The van der Waals surface area contributed by atoms with Crippen LogP contribution in [0.25, 0.3) is 22.5 Å². The highest BCUT2D eigenvalue weighted by Crippen LogP contribution is 2.36. The van der Waals surface area contributed by atoms with Crippen LogP contribution in [0.3, 0.4) is 0 Å². The van der Waals surface area contributed by atoms with Gasteiger partial charge < -0.3 is 19.1 Å². The van der Waals surface area contributed by atoms with Crippen LogP contribution in [0.4, 0.5) is 5.69 Å². The maximum absolute atomic E-state index is 13.0. The smallest absolute Gasteiger partial charge is 0.222 e. The SMILES string of the molecule is CCCn1c(SCCCCC(=O)N2CCN(c3ccccc3OC)CC2)nc(-c2ccccc2)c1-c1ccccc1. The highest BCUT2D eigenvalue weighted by atomic mass is 32.2. The summed E-state index contributed by atoms with van der Waals surface area (Å²) in [4.78, 5) is 22.5. The Bertz CT molecular complexity index is 1400. The number of carbonyl (C=O) groups is 1. The fraction of sp³-hybridized carbons (Fsp3) is 0.353. The molecule has 1 fully saturated rings. The molecule has 1 amide bonds. The Labute approximate surface area is 248 Å². The van der Waals surface area contributed by atoms with Gasteiger partial charge in [0.1, 0.15) is 5.75 Å². The molecule has 1 aliphatic heterocycles. The van der Waals surface area contributed by atoms with Crippen LogP contribution in [-0.4, -0.2) is 59.4 Å². The molecule has 3 aromatic carbocycles. The van der Waals surface area contributed by atoms with Gasteiger partial charge in [0.25, 0.3) is 0 Å². The standard InChI is InChI=1S/C34H40N4O2S/c1-3-21-38-33(28-16-8-5-9-17-28)32(27-14-6-4-7-15-27)35-34(38)41-26-13-12-20-31(39)37-24-22-36(23-25-37)29-18-10-11-19-30(29)40-2/h4-11,14-19H,3,12-13,20-26H2,1-2H3. The quantitative estimate of drug-likeness (QED) is 0.133. The topological polar surface area (TPSA) is 50.6 Å². The third-order valence-corrected chi connectivity index (χ3v) is 8.61. The first-order valence-corrected chi connectivity index (χ1v) is 15.7. The van der Waals surface area contributed by atoms with E-state index < -0.39 is 0 Å². The van der Waals surface area contributed by atoms with Gasteiger partial charge in [0.15, 0.2) is 5.16 Å². The molecule has 6 nitrogen and oxygen atoms in total. The number of anilines is 1. The van der Waals surface area contributed by atoms with E-state index in [1.54, 1.807) is 7.11 Å². The van der Waals surface area contributed by atoms with Gasteiger partial charge in [-0.1, -0.05) is 91.5 Å². The lowest BCUT2D eigenvalue weighted by molar-refractivity contribution is -0.131. The van der Waals surface area contributed by atoms with Crippen molar-refractivity contribution >= 4 is 23.4 Å². The number of para-hydroxylation sites is 2. The lowest BCUT2D eigenvalue weighted by atomic mass is 10.0. The van der Waals surface area contributed by atoms with Crippen LogP contribution < -0.4 is 9.64 Å². The third kappa shape index (κ3) is 6.96. The summed E-state index contributed by atoms with van der Waals surface area (Å²) in [5, 5.41) is 1.06. The van der Waals surface area contributed by atoms with Crippen molar-refractivity contribution in [1.82, 2.24) is 14.5 Å². The van der Waals surface area contributed by atoms with Gasteiger partial charge in [-0.2, -0.15) is 0 Å². The van der Waals surface area contributed by atoms with Crippen molar-refractivity contribution in [2.75, 3.05) is 43.9 Å². The minimum absolute atomic E-state index is 0.264. The van der Waals surface area contributed by atoms with Crippen molar-refractivity contribution < 1.29 is 9.53 Å². The monoisotopic (exact) mass is 568 g/mol. The molecular weight excluding hydrogens is 528 g/mol. The van der Waals surface area contributed by atoms with Crippen molar-refractivity contribution in [2.45, 2.75) is 44.3 Å². The fourth-order valence-corrected chi connectivity index (χ4v) is 6.47. The number of nitrogens with zero attached hydrogens (tertiary/aromatic N) is 4. The second kappa shape index (κ2) is 14.3. The third-order valence-electron chi connectivity index (χ3n) is 7.55. The van der Waals surface area contributed by atoms with Gasteiger partial charge in [-0.05, 0) is 31.4 Å². The first-order chi connectivity index (χ1) is 20.2. The molecule has 0 spiro atoms. The number of aromatic nitrogens is 2. The molecule has 0 aliphatic carbocycles. The van der Waals surface area contributed by atoms with E-state index in [-0.39, 0.29) is 5.91 Å². The zero-order chi connectivity index (χ0) is 28.4. The van der Waals surface area contributed by atoms with Crippen LogP contribution in [0.5, 0.6) is 5.75 Å². The van der Waals surface area contributed by atoms with Crippen LogP contribution in [0.2, 0.25) is 0 Å². The molecule has 1 aliphatic rings. The zero-order valence-electron chi connectivity index (χ0n) is 24.2. The average Bonchev–Trinajstić information content (AvgIpc) is 3.39. The molecule has 1 saturated heterocycles. The number of methoxy groups -OCH3 is 1. The number of hydrogen-bond donors (Lipinski definition) is 0. The Morgan fingerprint density at radius 3 is 2.20 bits per heavy atom. The molecule has 4 aromatic rings. The van der Waals surface area contributed by atoms with E-state index in [1.807, 2.05) is 40.9 Å². The number of imidazole rings is 1. The molecule has 0 bridgehead atoms. The van der Waals surface area contributed by atoms with Crippen molar-refractivity contribution in [1.29, 1.82) is 0 Å². The summed E-state index contributed by atoms with van der Waals surface area (Å²) in [6.45, 7) is 6.30. The van der Waals surface area contributed by atoms with E-state index in [2.05, 4.69) is 77.1 Å². The summed E-state index contributed by atoms with van der Waals surface area (Å²) >= 11 is 1.81. The van der Waals surface area contributed by atoms with E-state index in [9.17, 15) is 4.79 Å². The van der Waals surface area contributed by atoms with E-state index >= 15 is 0 Å². The Balaban J connectivity index is 1.16. The second-order valence-electron chi connectivity index (χ2n) is 10.3. The fourth-order valence-electron chi connectivity index (χ4n) is 5.45. The van der Waals surface area contributed by atoms with Crippen molar-refractivity contribution in [3.05, 3.63) is 84.9 Å². The molecule has 2 heterocycles. The average molecular weight is 569 g/mol. The number of thioether (sulfide) groups is 1. The summed E-state index contributed by atoms with van der Waals surface area (Å²) < 4.78 is 7.91. The molecule has 5 rings (SSSR count). The minimum atomic E-state index is 0.264. The predicted molar refractivity (Wildman–Crippen MR) is 170 cm³/mol. The van der Waals surface area contributed by atoms with E-state index in [1.165, 1.54) is 11.3 Å². The Morgan fingerprint density at radius 2 is 1.51 bits per heavy atom. The molecule has 0 saturated carbocycles. The van der Waals surface area contributed by atoms with E-state index in [0.717, 1.165) is 85.6 Å². The van der Waals surface area contributed by atoms with Crippen LogP contribution in [0.1, 0.15) is 32.6 Å². The van der Waals surface area contributed by atoms with Gasteiger partial charge in [0.2, 0.25) is 5.91 Å². The van der Waals surface area contributed by atoms with Crippen LogP contribution in [-0.2, 0) is 11.3 Å². The minimum Gasteiger partial charge on any atom is -0.495 e. The molecule has 214 valence electrons.